The van der Waals surface area contributed by atoms with Crippen molar-refractivity contribution in [1.29, 1.82) is 0 Å². The van der Waals surface area contributed by atoms with Gasteiger partial charge >= 0.3 is 0 Å². The molecule has 1 aromatic carbocycles. The number of nitrogens with one attached hydrogen (secondary N) is 2. The summed E-state index contributed by atoms with van der Waals surface area (Å²) in [4.78, 5) is 7.09. The molecular weight excluding hydrogens is 479 g/mol. The topological polar surface area (TPSA) is 58.1 Å². The van der Waals surface area contributed by atoms with E-state index in [1.165, 1.54) is 5.56 Å². The summed E-state index contributed by atoms with van der Waals surface area (Å²) in [5.41, 5.74) is 1.33. The maximum absolute atomic E-state index is 5.76. The van der Waals surface area contributed by atoms with Crippen LogP contribution in [0, 0.1) is 5.92 Å². The molecule has 29 heavy (non-hydrogen) atoms. The Morgan fingerprint density at radius 1 is 1.31 bits per heavy atom. The monoisotopic (exact) mass is 518 g/mol. The molecule has 1 saturated heterocycles. The van der Waals surface area contributed by atoms with Gasteiger partial charge in [-0.1, -0.05) is 30.3 Å². The van der Waals surface area contributed by atoms with Crippen molar-refractivity contribution < 1.29 is 9.47 Å². The number of guanidine groups is 1. The number of aliphatic imine (C=N–C) groups is 1. The SMILES string of the molecule is CCNC(=NCC(C)N(C)Cc1ccccc1)NCCCOCC1CCOC1.I. The van der Waals surface area contributed by atoms with E-state index < -0.39 is 0 Å². The fourth-order valence-corrected chi connectivity index (χ4v) is 3.08. The van der Waals surface area contributed by atoms with Crippen LogP contribution in [-0.2, 0) is 16.0 Å². The van der Waals surface area contributed by atoms with E-state index in [0.29, 0.717) is 12.0 Å². The van der Waals surface area contributed by atoms with Crippen LogP contribution >= 0.6 is 24.0 Å². The van der Waals surface area contributed by atoms with Gasteiger partial charge in [0.05, 0.1) is 19.8 Å². The Morgan fingerprint density at radius 2 is 2.10 bits per heavy atom. The molecule has 1 heterocycles. The molecule has 2 rings (SSSR count). The molecule has 1 fully saturated rings. The molecule has 2 atom stereocenters. The smallest absolute Gasteiger partial charge is 0.191 e. The van der Waals surface area contributed by atoms with Gasteiger partial charge in [-0.15, -0.1) is 24.0 Å². The second-order valence-electron chi connectivity index (χ2n) is 7.55. The number of benzene rings is 1. The van der Waals surface area contributed by atoms with Crippen LogP contribution in [0.1, 0.15) is 32.3 Å². The van der Waals surface area contributed by atoms with E-state index in [2.05, 4.69) is 66.8 Å². The average molecular weight is 518 g/mol. The van der Waals surface area contributed by atoms with Crippen LogP contribution in [0.4, 0.5) is 0 Å². The molecule has 0 bridgehead atoms. The first-order valence-electron chi connectivity index (χ1n) is 10.6. The number of hydrogen-bond donors (Lipinski definition) is 2. The molecule has 0 spiro atoms. The Kier molecular flexibility index (Phi) is 14.3. The van der Waals surface area contributed by atoms with Gasteiger partial charge in [0.1, 0.15) is 0 Å². The first kappa shape index (κ1) is 26.1. The second kappa shape index (κ2) is 15.9. The predicted octanol–water partition coefficient (Wildman–Crippen LogP) is 3.12. The van der Waals surface area contributed by atoms with E-state index in [9.17, 15) is 0 Å². The fourth-order valence-electron chi connectivity index (χ4n) is 3.08. The number of likely N-dealkylation sites (N-methyl/N-ethyl adjacent to an activating group) is 1. The lowest BCUT2D eigenvalue weighted by molar-refractivity contribution is 0.0888. The van der Waals surface area contributed by atoms with Crippen LogP contribution in [0.15, 0.2) is 35.3 Å². The van der Waals surface area contributed by atoms with Crippen molar-refractivity contribution in [3.63, 3.8) is 0 Å². The van der Waals surface area contributed by atoms with Gasteiger partial charge < -0.3 is 20.1 Å². The summed E-state index contributed by atoms with van der Waals surface area (Å²) in [6.45, 7) is 11.1. The van der Waals surface area contributed by atoms with E-state index in [0.717, 1.165) is 71.4 Å². The van der Waals surface area contributed by atoms with Gasteiger partial charge in [0.2, 0.25) is 0 Å². The molecule has 1 aromatic rings. The Bertz CT molecular complexity index is 553. The van der Waals surface area contributed by atoms with Crippen LogP contribution in [0.5, 0.6) is 0 Å². The molecule has 0 amide bonds. The molecular formula is C22H39IN4O2. The Balaban J connectivity index is 0.00000420. The number of rotatable bonds is 12. The number of ether oxygens (including phenoxy) is 2. The van der Waals surface area contributed by atoms with E-state index in [1.54, 1.807) is 0 Å². The van der Waals surface area contributed by atoms with Gasteiger partial charge in [-0.3, -0.25) is 9.89 Å². The molecule has 1 aliphatic heterocycles. The predicted molar refractivity (Wildman–Crippen MR) is 131 cm³/mol. The van der Waals surface area contributed by atoms with E-state index >= 15 is 0 Å². The second-order valence-corrected chi connectivity index (χ2v) is 7.55. The largest absolute Gasteiger partial charge is 0.381 e. The summed E-state index contributed by atoms with van der Waals surface area (Å²) < 4.78 is 11.1. The van der Waals surface area contributed by atoms with Gasteiger partial charge in [-0.05, 0) is 39.3 Å². The van der Waals surface area contributed by atoms with Crippen molar-refractivity contribution in [1.82, 2.24) is 15.5 Å². The zero-order chi connectivity index (χ0) is 20.0. The first-order chi connectivity index (χ1) is 13.7. The lowest BCUT2D eigenvalue weighted by atomic mass is 10.1. The summed E-state index contributed by atoms with van der Waals surface area (Å²) in [5.74, 6) is 1.47. The Hall–Kier alpha value is -0.900. The van der Waals surface area contributed by atoms with Crippen molar-refractivity contribution in [2.75, 3.05) is 53.1 Å². The molecule has 1 aliphatic rings. The van der Waals surface area contributed by atoms with Crippen LogP contribution in [0.25, 0.3) is 0 Å². The van der Waals surface area contributed by atoms with E-state index in [1.807, 2.05) is 0 Å². The fraction of sp³-hybridized carbons (Fsp3) is 0.682. The lowest BCUT2D eigenvalue weighted by Gasteiger charge is -2.24. The van der Waals surface area contributed by atoms with Crippen molar-refractivity contribution in [2.45, 2.75) is 39.3 Å². The Morgan fingerprint density at radius 3 is 2.79 bits per heavy atom. The van der Waals surface area contributed by atoms with Crippen LogP contribution < -0.4 is 10.6 Å². The summed E-state index contributed by atoms with van der Waals surface area (Å²) >= 11 is 0. The van der Waals surface area contributed by atoms with Gasteiger partial charge in [0.25, 0.3) is 0 Å². The maximum atomic E-state index is 5.76. The lowest BCUT2D eigenvalue weighted by Crippen LogP contribution is -2.39. The zero-order valence-corrected chi connectivity index (χ0v) is 20.6. The molecule has 2 unspecified atom stereocenters. The van der Waals surface area contributed by atoms with Crippen LogP contribution in [0.2, 0.25) is 0 Å². The average Bonchev–Trinajstić information content (AvgIpc) is 3.22. The van der Waals surface area contributed by atoms with Gasteiger partial charge in [0, 0.05) is 44.8 Å². The van der Waals surface area contributed by atoms with Gasteiger partial charge in [-0.25, -0.2) is 0 Å². The van der Waals surface area contributed by atoms with Crippen molar-refractivity contribution in [3.8, 4) is 0 Å². The molecule has 0 radical (unpaired) electrons. The molecule has 0 aromatic heterocycles. The molecule has 7 heteroatoms. The highest BCUT2D eigenvalue weighted by Gasteiger charge is 2.15. The van der Waals surface area contributed by atoms with Crippen molar-refractivity contribution >= 4 is 29.9 Å². The third-order valence-electron chi connectivity index (χ3n) is 5.02. The number of hydrogen-bond acceptors (Lipinski definition) is 4. The molecule has 2 N–H and O–H groups in total. The standard InChI is InChI=1S/C22H38N4O2.HI/c1-4-23-22(24-12-8-13-27-17-21-11-14-28-18-21)25-15-19(2)26(3)16-20-9-6-5-7-10-20;/h5-7,9-10,19,21H,4,8,11-18H2,1-3H3,(H2,23,24,25);1H. The summed E-state index contributed by atoms with van der Waals surface area (Å²) in [5, 5.41) is 6.73. The molecule has 0 saturated carbocycles. The zero-order valence-electron chi connectivity index (χ0n) is 18.2. The summed E-state index contributed by atoms with van der Waals surface area (Å²) in [6.07, 6.45) is 2.10. The van der Waals surface area contributed by atoms with Crippen LogP contribution in [0.3, 0.4) is 0 Å². The minimum atomic E-state index is 0. The maximum Gasteiger partial charge on any atom is 0.191 e. The highest BCUT2D eigenvalue weighted by atomic mass is 127. The molecule has 6 nitrogen and oxygen atoms in total. The first-order valence-corrected chi connectivity index (χ1v) is 10.6. The molecule has 166 valence electrons. The summed E-state index contributed by atoms with van der Waals surface area (Å²) in [6, 6.07) is 10.9. The minimum absolute atomic E-state index is 0. The minimum Gasteiger partial charge on any atom is -0.381 e. The number of nitrogens with zero attached hydrogens (tertiary/aromatic N) is 2. The van der Waals surface area contributed by atoms with E-state index in [-0.39, 0.29) is 24.0 Å². The quantitative estimate of drug-likeness (QED) is 0.193. The third-order valence-corrected chi connectivity index (χ3v) is 5.02. The van der Waals surface area contributed by atoms with Crippen molar-refractivity contribution in [2.24, 2.45) is 10.9 Å². The highest BCUT2D eigenvalue weighted by molar-refractivity contribution is 14.0. The third kappa shape index (κ3) is 11.2. The normalized spacial score (nSPS) is 17.8. The Labute approximate surface area is 193 Å². The van der Waals surface area contributed by atoms with Crippen LogP contribution in [-0.4, -0.2) is 70.0 Å². The number of halogens is 1. The van der Waals surface area contributed by atoms with Crippen molar-refractivity contribution in [3.05, 3.63) is 35.9 Å². The van der Waals surface area contributed by atoms with Gasteiger partial charge in [0.15, 0.2) is 5.96 Å². The van der Waals surface area contributed by atoms with Gasteiger partial charge in [-0.2, -0.15) is 0 Å². The van der Waals surface area contributed by atoms with E-state index in [4.69, 9.17) is 14.5 Å². The molecule has 0 aliphatic carbocycles. The summed E-state index contributed by atoms with van der Waals surface area (Å²) in [7, 11) is 2.15. The highest BCUT2D eigenvalue weighted by Crippen LogP contribution is 2.12.